The van der Waals surface area contributed by atoms with Gasteiger partial charge in [0.1, 0.15) is 16.5 Å². The lowest BCUT2D eigenvalue weighted by Gasteiger charge is -2.13. The Bertz CT molecular complexity index is 993. The summed E-state index contributed by atoms with van der Waals surface area (Å²) in [5.74, 6) is 1.88. The summed E-state index contributed by atoms with van der Waals surface area (Å²) in [6.07, 6.45) is 0. The molecule has 2 aromatic carbocycles. The second-order valence-corrected chi connectivity index (χ2v) is 8.60. The fraction of sp³-hybridized carbons (Fsp3) is 0.238. The van der Waals surface area contributed by atoms with Gasteiger partial charge in [-0.05, 0) is 6.92 Å². The van der Waals surface area contributed by atoms with E-state index in [1.807, 2.05) is 25.1 Å². The van der Waals surface area contributed by atoms with Gasteiger partial charge in [0.2, 0.25) is 5.91 Å². The van der Waals surface area contributed by atoms with Crippen LogP contribution in [0.15, 0.2) is 42.5 Å². The van der Waals surface area contributed by atoms with Gasteiger partial charge in [0, 0.05) is 28.3 Å². The van der Waals surface area contributed by atoms with Crippen LogP contribution in [-0.2, 0) is 10.5 Å². The van der Waals surface area contributed by atoms with Crippen LogP contribution in [0.2, 0.25) is 5.02 Å². The van der Waals surface area contributed by atoms with E-state index < -0.39 is 0 Å². The molecule has 0 fully saturated rings. The average Bonchev–Trinajstić information content (AvgIpc) is 3.10. The Morgan fingerprint density at radius 1 is 1.17 bits per heavy atom. The number of hydrogen-bond donors (Lipinski definition) is 1. The molecule has 3 aromatic rings. The van der Waals surface area contributed by atoms with Gasteiger partial charge in [-0.3, -0.25) is 4.79 Å². The molecular weight excluding hydrogens is 428 g/mol. The zero-order valence-electron chi connectivity index (χ0n) is 16.3. The molecule has 0 bridgehead atoms. The Morgan fingerprint density at radius 2 is 1.90 bits per heavy atom. The summed E-state index contributed by atoms with van der Waals surface area (Å²) in [4.78, 5) is 18.2. The maximum Gasteiger partial charge on any atom is 0.234 e. The van der Waals surface area contributed by atoms with Crippen LogP contribution in [0.3, 0.4) is 0 Å². The Labute approximate surface area is 183 Å². The molecule has 0 unspecified atom stereocenters. The van der Waals surface area contributed by atoms with Crippen LogP contribution in [0.1, 0.15) is 10.6 Å². The van der Waals surface area contributed by atoms with Crippen LogP contribution in [0, 0.1) is 6.92 Å². The molecule has 5 nitrogen and oxygen atoms in total. The largest absolute Gasteiger partial charge is 0.495 e. The molecule has 0 saturated carbocycles. The predicted octanol–water partition coefficient (Wildman–Crippen LogP) is 5.66. The van der Waals surface area contributed by atoms with Crippen LogP contribution in [0.25, 0.3) is 10.6 Å². The molecule has 29 heavy (non-hydrogen) atoms. The number of rotatable bonds is 8. The van der Waals surface area contributed by atoms with E-state index in [4.69, 9.17) is 21.1 Å². The van der Waals surface area contributed by atoms with Gasteiger partial charge in [0.05, 0.1) is 36.4 Å². The number of nitrogens with one attached hydrogen (secondary N) is 1. The number of aromatic nitrogens is 1. The van der Waals surface area contributed by atoms with E-state index >= 15 is 0 Å². The third-order valence-electron chi connectivity index (χ3n) is 4.13. The fourth-order valence-electron chi connectivity index (χ4n) is 2.65. The minimum atomic E-state index is -0.122. The van der Waals surface area contributed by atoms with E-state index in [-0.39, 0.29) is 5.91 Å². The number of halogens is 1. The summed E-state index contributed by atoms with van der Waals surface area (Å²) in [5.41, 5.74) is 2.64. The van der Waals surface area contributed by atoms with Crippen molar-refractivity contribution in [1.82, 2.24) is 4.98 Å². The highest BCUT2D eigenvalue weighted by Crippen LogP contribution is 2.36. The van der Waals surface area contributed by atoms with Crippen molar-refractivity contribution in [2.45, 2.75) is 12.7 Å². The van der Waals surface area contributed by atoms with Gasteiger partial charge in [-0.1, -0.05) is 41.9 Å². The van der Waals surface area contributed by atoms with Gasteiger partial charge in [0.25, 0.3) is 0 Å². The van der Waals surface area contributed by atoms with Crippen molar-refractivity contribution in [3.05, 3.63) is 58.1 Å². The number of ether oxygens (including phenoxy) is 2. The molecular formula is C21H21ClN2O3S2. The molecule has 152 valence electrons. The molecule has 0 aliphatic carbocycles. The normalized spacial score (nSPS) is 10.6. The minimum Gasteiger partial charge on any atom is -0.495 e. The number of nitrogens with zero attached hydrogens (tertiary/aromatic N) is 1. The summed E-state index contributed by atoms with van der Waals surface area (Å²) in [6.45, 7) is 2.00. The number of amides is 1. The molecule has 0 aliphatic rings. The molecule has 8 heteroatoms. The molecule has 0 saturated heterocycles. The molecule has 0 aliphatic heterocycles. The van der Waals surface area contributed by atoms with Crippen molar-refractivity contribution in [1.29, 1.82) is 0 Å². The van der Waals surface area contributed by atoms with Crippen LogP contribution in [0.4, 0.5) is 5.69 Å². The van der Waals surface area contributed by atoms with Gasteiger partial charge < -0.3 is 14.8 Å². The summed E-state index contributed by atoms with van der Waals surface area (Å²) < 4.78 is 10.5. The standard InChI is InChI=1S/C21H21ClN2O3S2/c1-13-19(29-21(23-13)14-7-5-4-6-8-14)11-28-12-20(25)24-16-10-17(26-2)15(22)9-18(16)27-3/h4-10H,11-12H2,1-3H3,(H,24,25). The van der Waals surface area contributed by atoms with Crippen molar-refractivity contribution in [3.63, 3.8) is 0 Å². The number of carbonyl (C=O) groups is 1. The molecule has 1 amide bonds. The van der Waals surface area contributed by atoms with Gasteiger partial charge in [-0.25, -0.2) is 4.98 Å². The number of thioether (sulfide) groups is 1. The molecule has 0 spiro atoms. The zero-order chi connectivity index (χ0) is 20.8. The van der Waals surface area contributed by atoms with Crippen LogP contribution in [0.5, 0.6) is 11.5 Å². The third-order valence-corrected chi connectivity index (χ3v) is 6.77. The molecule has 1 heterocycles. The van der Waals surface area contributed by atoms with E-state index in [1.165, 1.54) is 19.1 Å². The van der Waals surface area contributed by atoms with E-state index in [1.54, 1.807) is 35.2 Å². The number of thiazole rings is 1. The van der Waals surface area contributed by atoms with Crippen LogP contribution in [-0.4, -0.2) is 30.9 Å². The summed E-state index contributed by atoms with van der Waals surface area (Å²) in [5, 5.41) is 4.28. The SMILES string of the molecule is COc1cc(NC(=O)CSCc2sc(-c3ccccc3)nc2C)c(OC)cc1Cl. The number of benzene rings is 2. The number of anilines is 1. The number of hydrogen-bond acceptors (Lipinski definition) is 6. The van der Waals surface area contributed by atoms with Gasteiger partial charge in [-0.2, -0.15) is 0 Å². The molecule has 3 rings (SSSR count). The second-order valence-electron chi connectivity index (χ2n) is 6.12. The highest BCUT2D eigenvalue weighted by atomic mass is 35.5. The first-order valence-corrected chi connectivity index (χ1v) is 11.2. The number of aryl methyl sites for hydroxylation is 1. The Balaban J connectivity index is 1.59. The van der Waals surface area contributed by atoms with Crippen molar-refractivity contribution in [3.8, 4) is 22.1 Å². The van der Waals surface area contributed by atoms with E-state index in [0.29, 0.717) is 28.0 Å². The molecule has 1 aromatic heterocycles. The topological polar surface area (TPSA) is 60.5 Å². The van der Waals surface area contributed by atoms with Crippen LogP contribution >= 0.6 is 34.7 Å². The number of carbonyl (C=O) groups excluding carboxylic acids is 1. The highest BCUT2D eigenvalue weighted by molar-refractivity contribution is 7.99. The first kappa shape index (κ1) is 21.5. The monoisotopic (exact) mass is 448 g/mol. The maximum absolute atomic E-state index is 12.4. The average molecular weight is 449 g/mol. The van der Waals surface area contributed by atoms with Gasteiger partial charge >= 0.3 is 0 Å². The second kappa shape index (κ2) is 10.0. The molecule has 0 atom stereocenters. The Hall–Kier alpha value is -2.22. The first-order chi connectivity index (χ1) is 14.0. The van der Waals surface area contributed by atoms with E-state index in [2.05, 4.69) is 22.4 Å². The number of methoxy groups -OCH3 is 2. The lowest BCUT2D eigenvalue weighted by molar-refractivity contribution is -0.113. The Kier molecular flexibility index (Phi) is 7.41. The van der Waals surface area contributed by atoms with Gasteiger partial charge in [-0.15, -0.1) is 23.1 Å². The van der Waals surface area contributed by atoms with Gasteiger partial charge in [0.15, 0.2) is 0 Å². The lowest BCUT2D eigenvalue weighted by atomic mass is 10.2. The van der Waals surface area contributed by atoms with Crippen molar-refractivity contribution >= 4 is 46.3 Å². The summed E-state index contributed by atoms with van der Waals surface area (Å²) in [6, 6.07) is 13.4. The van der Waals surface area contributed by atoms with E-state index in [0.717, 1.165) is 22.0 Å². The van der Waals surface area contributed by atoms with Crippen molar-refractivity contribution in [2.75, 3.05) is 25.3 Å². The van der Waals surface area contributed by atoms with Crippen LogP contribution < -0.4 is 14.8 Å². The summed E-state index contributed by atoms with van der Waals surface area (Å²) >= 11 is 9.31. The molecule has 0 radical (unpaired) electrons. The van der Waals surface area contributed by atoms with Crippen molar-refractivity contribution in [2.24, 2.45) is 0 Å². The lowest BCUT2D eigenvalue weighted by Crippen LogP contribution is -2.15. The Morgan fingerprint density at radius 3 is 2.59 bits per heavy atom. The smallest absolute Gasteiger partial charge is 0.234 e. The highest BCUT2D eigenvalue weighted by Gasteiger charge is 2.14. The van der Waals surface area contributed by atoms with Crippen molar-refractivity contribution < 1.29 is 14.3 Å². The maximum atomic E-state index is 12.4. The quantitative estimate of drug-likeness (QED) is 0.481. The van der Waals surface area contributed by atoms with E-state index in [9.17, 15) is 4.79 Å². The fourth-order valence-corrected chi connectivity index (χ4v) is 4.98. The minimum absolute atomic E-state index is 0.122. The first-order valence-electron chi connectivity index (χ1n) is 8.82. The molecule has 1 N–H and O–H groups in total. The third kappa shape index (κ3) is 5.44. The summed E-state index contributed by atoms with van der Waals surface area (Å²) in [7, 11) is 3.05. The predicted molar refractivity (Wildman–Crippen MR) is 122 cm³/mol. The zero-order valence-corrected chi connectivity index (χ0v) is 18.7.